The number of nitrogens with zero attached hydrogens (tertiary/aromatic N) is 1. The number of furan rings is 1. The number of aromatic hydroxyl groups is 1. The molecule has 0 spiro atoms. The van der Waals surface area contributed by atoms with Crippen molar-refractivity contribution in [2.24, 2.45) is 0 Å². The molecule has 0 saturated heterocycles. The van der Waals surface area contributed by atoms with Crippen molar-refractivity contribution in [3.05, 3.63) is 89.1 Å². The van der Waals surface area contributed by atoms with Gasteiger partial charge in [-0.2, -0.15) is 0 Å². The number of amides is 1. The summed E-state index contributed by atoms with van der Waals surface area (Å²) < 4.78 is 19.2. The number of carbonyl (C=O) groups is 1. The van der Waals surface area contributed by atoms with Crippen molar-refractivity contribution >= 4 is 5.91 Å². The molecule has 1 aromatic heterocycles. The van der Waals surface area contributed by atoms with E-state index in [2.05, 4.69) is 0 Å². The summed E-state index contributed by atoms with van der Waals surface area (Å²) in [5.74, 6) is -0.0453. The molecule has 128 valence electrons. The van der Waals surface area contributed by atoms with Gasteiger partial charge in [0.1, 0.15) is 17.3 Å². The van der Waals surface area contributed by atoms with E-state index in [9.17, 15) is 14.3 Å². The van der Waals surface area contributed by atoms with Crippen LogP contribution in [0.3, 0.4) is 0 Å². The summed E-state index contributed by atoms with van der Waals surface area (Å²) in [5, 5.41) is 10.00. The largest absolute Gasteiger partial charge is 0.508 e. The van der Waals surface area contributed by atoms with E-state index >= 15 is 0 Å². The molecule has 0 saturated carbocycles. The first-order valence-electron chi connectivity index (χ1n) is 7.89. The molecule has 0 atom stereocenters. The van der Waals surface area contributed by atoms with E-state index in [-0.39, 0.29) is 30.3 Å². The number of carbonyl (C=O) groups excluding carboxylic acids is 1. The number of rotatable bonds is 5. The maximum absolute atomic E-state index is 13.8. The van der Waals surface area contributed by atoms with Crippen LogP contribution in [-0.4, -0.2) is 15.9 Å². The summed E-state index contributed by atoms with van der Waals surface area (Å²) in [6.45, 7) is 2.05. The molecule has 0 unspecified atom stereocenters. The minimum atomic E-state index is -0.425. The van der Waals surface area contributed by atoms with Crippen LogP contribution in [0.2, 0.25) is 0 Å². The lowest BCUT2D eigenvalue weighted by Gasteiger charge is -2.22. The minimum absolute atomic E-state index is 0.106. The molecule has 3 rings (SSSR count). The Bertz CT molecular complexity index is 874. The molecule has 3 aromatic rings. The Kier molecular flexibility index (Phi) is 4.84. The van der Waals surface area contributed by atoms with E-state index < -0.39 is 5.82 Å². The van der Waals surface area contributed by atoms with Gasteiger partial charge in [0.25, 0.3) is 5.91 Å². The fraction of sp³-hybridized carbons (Fsp3) is 0.150. The average Bonchev–Trinajstić information content (AvgIpc) is 3.11. The van der Waals surface area contributed by atoms with Gasteiger partial charge in [-0.25, -0.2) is 4.39 Å². The lowest BCUT2D eigenvalue weighted by molar-refractivity contribution is 0.0716. The van der Waals surface area contributed by atoms with Crippen LogP contribution in [0.15, 0.2) is 65.3 Å². The first kappa shape index (κ1) is 16.8. The highest BCUT2D eigenvalue weighted by atomic mass is 19.1. The van der Waals surface area contributed by atoms with Crippen molar-refractivity contribution in [2.75, 3.05) is 0 Å². The number of para-hydroxylation sites is 1. The zero-order valence-corrected chi connectivity index (χ0v) is 13.8. The third-order valence-corrected chi connectivity index (χ3v) is 3.99. The molecule has 0 bridgehead atoms. The van der Waals surface area contributed by atoms with Gasteiger partial charge in [-0.3, -0.25) is 4.79 Å². The van der Waals surface area contributed by atoms with Crippen molar-refractivity contribution in [2.45, 2.75) is 20.0 Å². The van der Waals surface area contributed by atoms with Gasteiger partial charge in [-0.15, -0.1) is 0 Å². The van der Waals surface area contributed by atoms with Crippen molar-refractivity contribution in [3.8, 4) is 5.75 Å². The van der Waals surface area contributed by atoms with E-state index in [0.29, 0.717) is 16.9 Å². The lowest BCUT2D eigenvalue weighted by Crippen LogP contribution is -2.30. The zero-order chi connectivity index (χ0) is 17.8. The van der Waals surface area contributed by atoms with Gasteiger partial charge in [-0.1, -0.05) is 24.3 Å². The molecular weight excluding hydrogens is 321 g/mol. The third kappa shape index (κ3) is 3.88. The number of hydrogen-bond donors (Lipinski definition) is 1. The van der Waals surface area contributed by atoms with Crippen LogP contribution in [0.4, 0.5) is 4.39 Å². The van der Waals surface area contributed by atoms with Crippen LogP contribution >= 0.6 is 0 Å². The maximum Gasteiger partial charge on any atom is 0.254 e. The smallest absolute Gasteiger partial charge is 0.254 e. The minimum Gasteiger partial charge on any atom is -0.508 e. The van der Waals surface area contributed by atoms with Gasteiger partial charge in [0.2, 0.25) is 0 Å². The van der Waals surface area contributed by atoms with Gasteiger partial charge in [0, 0.05) is 11.1 Å². The Balaban J connectivity index is 1.90. The van der Waals surface area contributed by atoms with Crippen molar-refractivity contribution < 1.29 is 18.7 Å². The first-order chi connectivity index (χ1) is 12.0. The Labute approximate surface area is 145 Å². The SMILES string of the molecule is Cc1ccc(C(=O)N(Cc2ccco2)Cc2ccccc2O)cc1F. The van der Waals surface area contributed by atoms with Gasteiger partial charge in [-0.05, 0) is 42.8 Å². The number of halogens is 1. The lowest BCUT2D eigenvalue weighted by atomic mass is 10.1. The predicted molar refractivity (Wildman–Crippen MR) is 91.5 cm³/mol. The summed E-state index contributed by atoms with van der Waals surface area (Å²) in [7, 11) is 0. The molecule has 25 heavy (non-hydrogen) atoms. The first-order valence-corrected chi connectivity index (χ1v) is 7.89. The molecule has 0 aliphatic carbocycles. The van der Waals surface area contributed by atoms with Crippen LogP contribution in [0.1, 0.15) is 27.2 Å². The summed E-state index contributed by atoms with van der Waals surface area (Å²) >= 11 is 0. The van der Waals surface area contributed by atoms with Gasteiger partial charge >= 0.3 is 0 Å². The van der Waals surface area contributed by atoms with Gasteiger partial charge in [0.05, 0.1) is 19.4 Å². The standard InChI is InChI=1S/C20H18FNO3/c1-14-8-9-15(11-18(14)21)20(24)22(13-17-6-4-10-25-17)12-16-5-2-3-7-19(16)23/h2-11,23H,12-13H2,1H3. The molecule has 1 amide bonds. The summed E-state index contributed by atoms with van der Waals surface area (Å²) in [6, 6.07) is 14.7. The summed E-state index contributed by atoms with van der Waals surface area (Å²) in [6.07, 6.45) is 1.53. The van der Waals surface area contributed by atoms with Gasteiger partial charge < -0.3 is 14.4 Å². The van der Waals surface area contributed by atoms with E-state index in [1.54, 1.807) is 55.5 Å². The molecule has 4 nitrogen and oxygen atoms in total. The second-order valence-electron chi connectivity index (χ2n) is 5.83. The van der Waals surface area contributed by atoms with Crippen LogP contribution in [0.5, 0.6) is 5.75 Å². The van der Waals surface area contributed by atoms with E-state index in [1.165, 1.54) is 17.2 Å². The highest BCUT2D eigenvalue weighted by Gasteiger charge is 2.20. The van der Waals surface area contributed by atoms with Crippen molar-refractivity contribution in [1.82, 2.24) is 4.90 Å². The quantitative estimate of drug-likeness (QED) is 0.755. The summed E-state index contributed by atoms with van der Waals surface area (Å²) in [5.41, 5.74) is 1.34. The van der Waals surface area contributed by atoms with E-state index in [0.717, 1.165) is 0 Å². The third-order valence-electron chi connectivity index (χ3n) is 3.99. The molecule has 0 fully saturated rings. The number of phenolic OH excluding ortho intramolecular Hbond substituents is 1. The fourth-order valence-electron chi connectivity index (χ4n) is 2.55. The summed E-state index contributed by atoms with van der Waals surface area (Å²) in [4.78, 5) is 14.4. The molecule has 2 aromatic carbocycles. The number of hydrogen-bond acceptors (Lipinski definition) is 3. The highest BCUT2D eigenvalue weighted by molar-refractivity contribution is 5.94. The van der Waals surface area contributed by atoms with Crippen molar-refractivity contribution in [3.63, 3.8) is 0 Å². The average molecular weight is 339 g/mol. The topological polar surface area (TPSA) is 53.7 Å². The predicted octanol–water partition coefficient (Wildman–Crippen LogP) is 4.28. The Morgan fingerprint density at radius 1 is 1.12 bits per heavy atom. The van der Waals surface area contributed by atoms with Crippen LogP contribution < -0.4 is 0 Å². The normalized spacial score (nSPS) is 10.6. The molecule has 0 radical (unpaired) electrons. The maximum atomic E-state index is 13.8. The highest BCUT2D eigenvalue weighted by Crippen LogP contribution is 2.21. The van der Waals surface area contributed by atoms with E-state index in [1.807, 2.05) is 0 Å². The second kappa shape index (κ2) is 7.21. The van der Waals surface area contributed by atoms with Crippen LogP contribution in [-0.2, 0) is 13.1 Å². The van der Waals surface area contributed by atoms with E-state index in [4.69, 9.17) is 4.42 Å². The van der Waals surface area contributed by atoms with Crippen molar-refractivity contribution in [1.29, 1.82) is 0 Å². The second-order valence-corrected chi connectivity index (χ2v) is 5.83. The van der Waals surface area contributed by atoms with Crippen LogP contribution in [0, 0.1) is 12.7 Å². The monoisotopic (exact) mass is 339 g/mol. The molecule has 1 heterocycles. The molecule has 0 aliphatic rings. The number of phenols is 1. The Hall–Kier alpha value is -3.08. The number of aryl methyl sites for hydroxylation is 1. The number of benzene rings is 2. The Morgan fingerprint density at radius 3 is 2.60 bits per heavy atom. The van der Waals surface area contributed by atoms with Gasteiger partial charge in [0.15, 0.2) is 0 Å². The van der Waals surface area contributed by atoms with Crippen LogP contribution in [0.25, 0.3) is 0 Å². The Morgan fingerprint density at radius 2 is 1.92 bits per heavy atom. The molecular formula is C20H18FNO3. The molecule has 0 aliphatic heterocycles. The zero-order valence-electron chi connectivity index (χ0n) is 13.8. The fourth-order valence-corrected chi connectivity index (χ4v) is 2.55. The molecule has 5 heteroatoms. The molecule has 1 N–H and O–H groups in total.